The largest absolute Gasteiger partial charge is 0.495 e. The van der Waals surface area contributed by atoms with Gasteiger partial charge in [0.25, 0.3) is 5.91 Å². The lowest BCUT2D eigenvalue weighted by molar-refractivity contribution is -0.123. The second kappa shape index (κ2) is 6.24. The average molecular weight is 325 g/mol. The van der Waals surface area contributed by atoms with E-state index in [0.717, 1.165) is 0 Å². The van der Waals surface area contributed by atoms with Crippen molar-refractivity contribution in [1.82, 2.24) is 4.90 Å². The highest BCUT2D eigenvalue weighted by molar-refractivity contribution is 6.33. The van der Waals surface area contributed by atoms with Crippen LogP contribution in [0, 0.1) is 0 Å². The van der Waals surface area contributed by atoms with Gasteiger partial charge in [-0.3, -0.25) is 14.5 Å². The first-order valence-corrected chi connectivity index (χ1v) is 7.51. The Morgan fingerprint density at radius 1 is 1.27 bits per heavy atom. The SMILES string of the molecule is COc1ccc(N2C(=O)C[C@H](N3CCOCC3)C2=O)cc1Cl. The summed E-state index contributed by atoms with van der Waals surface area (Å²) in [6, 6.07) is 4.50. The predicted octanol–water partition coefficient (Wildman–Crippen LogP) is 1.31. The van der Waals surface area contributed by atoms with Crippen molar-refractivity contribution in [2.75, 3.05) is 38.3 Å². The number of halogens is 1. The van der Waals surface area contributed by atoms with Crippen molar-refractivity contribution in [2.45, 2.75) is 12.5 Å². The minimum absolute atomic E-state index is 0.197. The summed E-state index contributed by atoms with van der Waals surface area (Å²) in [5, 5.41) is 0.371. The van der Waals surface area contributed by atoms with Gasteiger partial charge in [0.15, 0.2) is 0 Å². The summed E-state index contributed by atoms with van der Waals surface area (Å²) < 4.78 is 10.4. The van der Waals surface area contributed by atoms with Crippen LogP contribution in [0.2, 0.25) is 5.02 Å². The second-order valence-corrected chi connectivity index (χ2v) is 5.66. The van der Waals surface area contributed by atoms with Crippen LogP contribution in [0.5, 0.6) is 5.75 Å². The van der Waals surface area contributed by atoms with E-state index in [2.05, 4.69) is 0 Å². The predicted molar refractivity (Wildman–Crippen MR) is 81.3 cm³/mol. The first kappa shape index (κ1) is 15.3. The fourth-order valence-corrected chi connectivity index (χ4v) is 3.11. The molecule has 0 bridgehead atoms. The van der Waals surface area contributed by atoms with Crippen molar-refractivity contribution >= 4 is 29.1 Å². The van der Waals surface area contributed by atoms with E-state index < -0.39 is 6.04 Å². The van der Waals surface area contributed by atoms with Crippen LogP contribution in [0.3, 0.4) is 0 Å². The van der Waals surface area contributed by atoms with Crippen LogP contribution in [0.25, 0.3) is 0 Å². The maximum absolute atomic E-state index is 12.6. The highest BCUT2D eigenvalue weighted by Crippen LogP contribution is 2.32. The highest BCUT2D eigenvalue weighted by Gasteiger charge is 2.43. The Balaban J connectivity index is 1.83. The normalized spacial score (nSPS) is 23.2. The van der Waals surface area contributed by atoms with Gasteiger partial charge in [-0.15, -0.1) is 0 Å². The van der Waals surface area contributed by atoms with Crippen molar-refractivity contribution in [2.24, 2.45) is 0 Å². The van der Waals surface area contributed by atoms with Crippen LogP contribution in [0.4, 0.5) is 5.69 Å². The zero-order valence-electron chi connectivity index (χ0n) is 12.3. The zero-order valence-corrected chi connectivity index (χ0v) is 13.0. The van der Waals surface area contributed by atoms with Crippen molar-refractivity contribution < 1.29 is 19.1 Å². The van der Waals surface area contributed by atoms with Gasteiger partial charge in [-0.1, -0.05) is 11.6 Å². The minimum atomic E-state index is -0.405. The number of imide groups is 1. The number of benzene rings is 1. The first-order valence-electron chi connectivity index (χ1n) is 7.14. The van der Waals surface area contributed by atoms with Gasteiger partial charge in [0, 0.05) is 13.1 Å². The van der Waals surface area contributed by atoms with Gasteiger partial charge in [-0.25, -0.2) is 4.90 Å². The summed E-state index contributed by atoms with van der Waals surface area (Å²) in [4.78, 5) is 28.1. The Morgan fingerprint density at radius 2 is 2.00 bits per heavy atom. The van der Waals surface area contributed by atoms with Gasteiger partial charge >= 0.3 is 0 Å². The van der Waals surface area contributed by atoms with Crippen LogP contribution < -0.4 is 9.64 Å². The molecule has 2 aliphatic heterocycles. The van der Waals surface area contributed by atoms with Crippen LogP contribution in [-0.2, 0) is 14.3 Å². The maximum atomic E-state index is 12.6. The molecule has 1 aromatic carbocycles. The molecule has 0 spiro atoms. The van der Waals surface area contributed by atoms with Gasteiger partial charge in [0.1, 0.15) is 5.75 Å². The lowest BCUT2D eigenvalue weighted by Gasteiger charge is -2.30. The van der Waals surface area contributed by atoms with Crippen LogP contribution >= 0.6 is 11.6 Å². The molecule has 3 rings (SSSR count). The number of hydrogen-bond acceptors (Lipinski definition) is 5. The third kappa shape index (κ3) is 2.69. The van der Waals surface area contributed by atoms with Gasteiger partial charge in [0.05, 0.1) is 43.5 Å². The number of carbonyl (C=O) groups is 2. The molecule has 2 fully saturated rings. The third-order valence-electron chi connectivity index (χ3n) is 4.00. The number of nitrogens with zero attached hydrogens (tertiary/aromatic N) is 2. The molecule has 6 nitrogen and oxygen atoms in total. The highest BCUT2D eigenvalue weighted by atomic mass is 35.5. The summed E-state index contributed by atoms with van der Waals surface area (Å²) in [7, 11) is 1.52. The van der Waals surface area contributed by atoms with E-state index in [9.17, 15) is 9.59 Å². The number of amides is 2. The number of methoxy groups -OCH3 is 1. The molecule has 0 N–H and O–H groups in total. The van der Waals surface area contributed by atoms with E-state index >= 15 is 0 Å². The lowest BCUT2D eigenvalue weighted by Crippen LogP contribution is -2.47. The quantitative estimate of drug-likeness (QED) is 0.785. The smallest absolute Gasteiger partial charge is 0.251 e. The number of carbonyl (C=O) groups excluding carboxylic acids is 2. The fourth-order valence-electron chi connectivity index (χ4n) is 2.86. The number of anilines is 1. The van der Waals surface area contributed by atoms with Crippen molar-refractivity contribution in [1.29, 1.82) is 0 Å². The minimum Gasteiger partial charge on any atom is -0.495 e. The maximum Gasteiger partial charge on any atom is 0.251 e. The van der Waals surface area contributed by atoms with E-state index in [4.69, 9.17) is 21.1 Å². The summed E-state index contributed by atoms with van der Waals surface area (Å²) >= 11 is 6.09. The summed E-state index contributed by atoms with van der Waals surface area (Å²) in [5.74, 6) is 0.102. The second-order valence-electron chi connectivity index (χ2n) is 5.25. The molecule has 0 radical (unpaired) electrons. The topological polar surface area (TPSA) is 59.1 Å². The molecule has 0 unspecified atom stereocenters. The first-order chi connectivity index (χ1) is 10.6. The van der Waals surface area contributed by atoms with Gasteiger partial charge in [-0.05, 0) is 18.2 Å². The molecule has 0 aromatic heterocycles. The summed E-state index contributed by atoms with van der Waals surface area (Å²) in [5.41, 5.74) is 0.483. The van der Waals surface area contributed by atoms with Crippen LogP contribution in [0.1, 0.15) is 6.42 Å². The van der Waals surface area contributed by atoms with E-state index in [-0.39, 0.29) is 18.2 Å². The van der Waals surface area contributed by atoms with Crippen molar-refractivity contribution in [3.05, 3.63) is 23.2 Å². The number of rotatable bonds is 3. The number of hydrogen-bond donors (Lipinski definition) is 0. The molecule has 2 heterocycles. The van der Waals surface area contributed by atoms with Crippen LogP contribution in [-0.4, -0.2) is 56.2 Å². The standard InChI is InChI=1S/C15H17ClN2O4/c1-21-13-3-2-10(8-11(13)16)18-14(19)9-12(15(18)20)17-4-6-22-7-5-17/h2-3,8,12H,4-7,9H2,1H3/t12-/m0/s1. The molecule has 0 aliphatic carbocycles. The fraction of sp³-hybridized carbons (Fsp3) is 0.467. The lowest BCUT2D eigenvalue weighted by atomic mass is 10.2. The monoisotopic (exact) mass is 324 g/mol. The number of morpholine rings is 1. The van der Waals surface area contributed by atoms with Gasteiger partial charge < -0.3 is 9.47 Å². The molecule has 2 aliphatic rings. The number of ether oxygens (including phenoxy) is 2. The molecule has 1 atom stereocenters. The van der Waals surface area contributed by atoms with E-state index in [0.29, 0.717) is 42.8 Å². The Bertz CT molecular complexity index is 601. The molecule has 7 heteroatoms. The molecule has 0 saturated carbocycles. The molecule has 2 saturated heterocycles. The molecular formula is C15H17ClN2O4. The summed E-state index contributed by atoms with van der Waals surface area (Å²) in [6.07, 6.45) is 0.197. The Labute approximate surface area is 133 Å². The van der Waals surface area contributed by atoms with Crippen molar-refractivity contribution in [3.63, 3.8) is 0 Å². The van der Waals surface area contributed by atoms with E-state index in [1.165, 1.54) is 12.0 Å². The third-order valence-corrected chi connectivity index (χ3v) is 4.30. The Morgan fingerprint density at radius 3 is 2.64 bits per heavy atom. The van der Waals surface area contributed by atoms with Crippen LogP contribution in [0.15, 0.2) is 18.2 Å². The zero-order chi connectivity index (χ0) is 15.7. The molecule has 2 amide bonds. The Hall–Kier alpha value is -1.63. The molecule has 22 heavy (non-hydrogen) atoms. The average Bonchev–Trinajstić information content (AvgIpc) is 2.83. The Kier molecular flexibility index (Phi) is 4.33. The molecule has 1 aromatic rings. The van der Waals surface area contributed by atoms with E-state index in [1.807, 2.05) is 4.90 Å². The van der Waals surface area contributed by atoms with Crippen molar-refractivity contribution in [3.8, 4) is 5.75 Å². The molecule has 118 valence electrons. The molecular weight excluding hydrogens is 308 g/mol. The summed E-state index contributed by atoms with van der Waals surface area (Å²) in [6.45, 7) is 2.51. The van der Waals surface area contributed by atoms with Gasteiger partial charge in [-0.2, -0.15) is 0 Å². The van der Waals surface area contributed by atoms with E-state index in [1.54, 1.807) is 18.2 Å². The van der Waals surface area contributed by atoms with Gasteiger partial charge in [0.2, 0.25) is 5.91 Å².